The second-order valence-corrected chi connectivity index (χ2v) is 5.56. The molecule has 2 aromatic rings. The van der Waals surface area contributed by atoms with Crippen LogP contribution in [0.3, 0.4) is 0 Å². The number of nitrogens with zero attached hydrogens (tertiary/aromatic N) is 3. The molecule has 2 rings (SSSR count). The van der Waals surface area contributed by atoms with Gasteiger partial charge in [0, 0.05) is 6.07 Å². The van der Waals surface area contributed by atoms with Gasteiger partial charge in [0.25, 0.3) is 0 Å². The fraction of sp³-hybridized carbons (Fsp3) is 0.389. The molecule has 0 aliphatic carbocycles. The fourth-order valence-corrected chi connectivity index (χ4v) is 2.05. The summed E-state index contributed by atoms with van der Waals surface area (Å²) in [4.78, 5) is 4.93. The number of ether oxygens (including phenoxy) is 2. The van der Waals surface area contributed by atoms with E-state index in [0.717, 1.165) is 30.6 Å². The molecule has 0 N–H and O–H groups in total. The van der Waals surface area contributed by atoms with E-state index in [1.165, 1.54) is 0 Å². The Balaban J connectivity index is 1.54. The molecule has 0 spiro atoms. The number of hydrogen-bond donors (Lipinski definition) is 0. The van der Waals surface area contributed by atoms with Gasteiger partial charge < -0.3 is 14.3 Å². The molecule has 0 aliphatic rings. The monoisotopic (exact) mass is 363 g/mol. The number of oxime groups is 1. The Kier molecular flexibility index (Phi) is 8.55. The van der Waals surface area contributed by atoms with Crippen LogP contribution >= 0.6 is 11.6 Å². The summed E-state index contributed by atoms with van der Waals surface area (Å²) in [7, 11) is 0. The highest BCUT2D eigenvalue weighted by molar-refractivity contribution is 6.29. The number of unbranched alkanes of at least 4 members (excludes halogenated alkanes) is 2. The number of benzene rings is 1. The highest BCUT2D eigenvalue weighted by Gasteiger charge is 1.98. The molecule has 1 aromatic carbocycles. The van der Waals surface area contributed by atoms with Crippen molar-refractivity contribution in [1.29, 1.82) is 0 Å². The van der Waals surface area contributed by atoms with Gasteiger partial charge in [-0.05, 0) is 62.1 Å². The quantitative estimate of drug-likeness (QED) is 0.341. The molecular weight excluding hydrogens is 342 g/mol. The van der Waals surface area contributed by atoms with Crippen molar-refractivity contribution in [2.45, 2.75) is 26.2 Å². The Labute approximate surface area is 152 Å². The normalized spacial score (nSPS) is 10.8. The summed E-state index contributed by atoms with van der Waals surface area (Å²) in [5, 5.41) is 11.7. The fourth-order valence-electron chi connectivity index (χ4n) is 1.95. The van der Waals surface area contributed by atoms with Gasteiger partial charge in [-0.15, -0.1) is 10.2 Å². The lowest BCUT2D eigenvalue weighted by Crippen LogP contribution is -2.02. The van der Waals surface area contributed by atoms with E-state index in [-0.39, 0.29) is 0 Å². The lowest BCUT2D eigenvalue weighted by molar-refractivity contribution is 0.160. The van der Waals surface area contributed by atoms with Crippen LogP contribution in [0.5, 0.6) is 11.6 Å². The van der Waals surface area contributed by atoms with Crippen LogP contribution in [0.2, 0.25) is 5.15 Å². The largest absolute Gasteiger partial charge is 0.494 e. The second kappa shape index (κ2) is 11.3. The van der Waals surface area contributed by atoms with Crippen molar-refractivity contribution >= 4 is 17.8 Å². The van der Waals surface area contributed by atoms with E-state index in [2.05, 4.69) is 15.4 Å². The zero-order valence-corrected chi connectivity index (χ0v) is 15.0. The summed E-state index contributed by atoms with van der Waals surface area (Å²) in [6, 6.07) is 11.1. The minimum Gasteiger partial charge on any atom is -0.494 e. The van der Waals surface area contributed by atoms with E-state index in [1.807, 2.05) is 31.2 Å². The molecule has 25 heavy (non-hydrogen) atoms. The standard InChI is InChI=1S/C18H22ClN3O3/c1-2-25-20-14-15-6-8-16(9-7-15)23-12-4-3-5-13-24-18-11-10-17(19)21-22-18/h6-11,14H,2-5,12-13H2,1H3. The van der Waals surface area contributed by atoms with Gasteiger partial charge in [-0.1, -0.05) is 16.8 Å². The first-order chi connectivity index (χ1) is 12.3. The number of halogens is 1. The van der Waals surface area contributed by atoms with Gasteiger partial charge in [0.1, 0.15) is 12.4 Å². The molecule has 0 unspecified atom stereocenters. The van der Waals surface area contributed by atoms with Crippen molar-refractivity contribution in [1.82, 2.24) is 10.2 Å². The van der Waals surface area contributed by atoms with E-state index >= 15 is 0 Å². The number of hydrogen-bond acceptors (Lipinski definition) is 6. The van der Waals surface area contributed by atoms with Crippen LogP contribution in [0.1, 0.15) is 31.7 Å². The molecule has 0 radical (unpaired) electrons. The summed E-state index contributed by atoms with van der Waals surface area (Å²) in [5.41, 5.74) is 0.975. The van der Waals surface area contributed by atoms with E-state index in [9.17, 15) is 0 Å². The lowest BCUT2D eigenvalue weighted by atomic mass is 10.2. The molecule has 1 aromatic heterocycles. The summed E-state index contributed by atoms with van der Waals surface area (Å²) >= 11 is 5.66. The third-order valence-electron chi connectivity index (χ3n) is 3.20. The van der Waals surface area contributed by atoms with E-state index in [1.54, 1.807) is 18.3 Å². The summed E-state index contributed by atoms with van der Waals surface area (Å²) < 4.78 is 11.2. The smallest absolute Gasteiger partial charge is 0.233 e. The van der Waals surface area contributed by atoms with Gasteiger partial charge in [-0.3, -0.25) is 0 Å². The Morgan fingerprint density at radius 1 is 0.960 bits per heavy atom. The zero-order valence-electron chi connectivity index (χ0n) is 14.2. The minimum atomic E-state index is 0.360. The summed E-state index contributed by atoms with van der Waals surface area (Å²) in [6.45, 7) is 3.74. The second-order valence-electron chi connectivity index (χ2n) is 5.17. The molecule has 0 fully saturated rings. The maximum absolute atomic E-state index is 5.71. The van der Waals surface area contributed by atoms with Crippen molar-refractivity contribution in [3.63, 3.8) is 0 Å². The number of aromatic nitrogens is 2. The molecule has 0 saturated heterocycles. The van der Waals surface area contributed by atoms with Crippen LogP contribution in [0.25, 0.3) is 0 Å². The lowest BCUT2D eigenvalue weighted by Gasteiger charge is -2.07. The third kappa shape index (κ3) is 7.85. The molecule has 0 amide bonds. The van der Waals surface area contributed by atoms with Gasteiger partial charge in [-0.2, -0.15) is 0 Å². The summed E-state index contributed by atoms with van der Waals surface area (Å²) in [5.74, 6) is 1.34. The Bertz CT molecular complexity index is 633. The van der Waals surface area contributed by atoms with Crippen LogP contribution in [0.4, 0.5) is 0 Å². The predicted octanol–water partition coefficient (Wildman–Crippen LogP) is 4.13. The van der Waals surface area contributed by atoms with Crippen LogP contribution in [-0.2, 0) is 4.84 Å². The van der Waals surface area contributed by atoms with Crippen molar-refractivity contribution in [3.8, 4) is 11.6 Å². The molecule has 0 bridgehead atoms. The molecule has 6 nitrogen and oxygen atoms in total. The Hall–Kier alpha value is -2.34. The first-order valence-corrected chi connectivity index (χ1v) is 8.66. The molecule has 0 saturated carbocycles. The van der Waals surface area contributed by atoms with Gasteiger partial charge in [0.15, 0.2) is 5.15 Å². The Morgan fingerprint density at radius 2 is 1.72 bits per heavy atom. The van der Waals surface area contributed by atoms with Crippen LogP contribution < -0.4 is 9.47 Å². The Morgan fingerprint density at radius 3 is 2.40 bits per heavy atom. The average Bonchev–Trinajstić information content (AvgIpc) is 2.64. The maximum atomic E-state index is 5.71. The molecule has 0 atom stereocenters. The first-order valence-electron chi connectivity index (χ1n) is 8.28. The van der Waals surface area contributed by atoms with Crippen molar-refractivity contribution in [3.05, 3.63) is 47.1 Å². The molecule has 0 aliphatic heterocycles. The van der Waals surface area contributed by atoms with Gasteiger partial charge in [0.05, 0.1) is 19.4 Å². The van der Waals surface area contributed by atoms with Gasteiger partial charge >= 0.3 is 0 Å². The van der Waals surface area contributed by atoms with Crippen molar-refractivity contribution < 1.29 is 14.3 Å². The minimum absolute atomic E-state index is 0.360. The predicted molar refractivity (Wildman–Crippen MR) is 97.5 cm³/mol. The van der Waals surface area contributed by atoms with E-state index < -0.39 is 0 Å². The average molecular weight is 364 g/mol. The SMILES string of the molecule is CCON=Cc1ccc(OCCCCCOc2ccc(Cl)nn2)cc1. The van der Waals surface area contributed by atoms with Crippen LogP contribution in [-0.4, -0.2) is 36.2 Å². The van der Waals surface area contributed by atoms with Crippen molar-refractivity contribution in [2.24, 2.45) is 5.16 Å². The summed E-state index contributed by atoms with van der Waals surface area (Å²) in [6.07, 6.45) is 4.59. The van der Waals surface area contributed by atoms with E-state index in [0.29, 0.717) is 30.9 Å². The van der Waals surface area contributed by atoms with Gasteiger partial charge in [-0.25, -0.2) is 0 Å². The molecule has 1 heterocycles. The molecular formula is C18H22ClN3O3. The third-order valence-corrected chi connectivity index (χ3v) is 3.40. The number of rotatable bonds is 11. The van der Waals surface area contributed by atoms with Crippen LogP contribution in [0, 0.1) is 0 Å². The van der Waals surface area contributed by atoms with E-state index in [4.69, 9.17) is 25.9 Å². The van der Waals surface area contributed by atoms with Gasteiger partial charge in [0.2, 0.25) is 5.88 Å². The first kappa shape index (κ1) is 19.0. The molecule has 134 valence electrons. The zero-order chi connectivity index (χ0) is 17.7. The maximum Gasteiger partial charge on any atom is 0.233 e. The van der Waals surface area contributed by atoms with Crippen LogP contribution in [0.15, 0.2) is 41.6 Å². The topological polar surface area (TPSA) is 65.8 Å². The molecule has 7 heteroatoms. The van der Waals surface area contributed by atoms with Crippen molar-refractivity contribution in [2.75, 3.05) is 19.8 Å². The highest BCUT2D eigenvalue weighted by Crippen LogP contribution is 2.12. The highest BCUT2D eigenvalue weighted by atomic mass is 35.5.